The molecule has 0 aromatic heterocycles. The summed E-state index contributed by atoms with van der Waals surface area (Å²) in [7, 11) is 0. The maximum atomic E-state index is 11.3. The Labute approximate surface area is 67.6 Å². The molecule has 2 heteroatoms. The van der Waals surface area contributed by atoms with E-state index >= 15 is 0 Å². The van der Waals surface area contributed by atoms with Crippen LogP contribution in [0.5, 0.6) is 0 Å². The lowest BCUT2D eigenvalue weighted by atomic mass is 9.76. The van der Waals surface area contributed by atoms with Crippen LogP contribution in [0.4, 0.5) is 0 Å². The van der Waals surface area contributed by atoms with Crippen LogP contribution in [0.2, 0.25) is 0 Å². The molecule has 0 unspecified atom stereocenters. The van der Waals surface area contributed by atoms with Gasteiger partial charge in [-0.2, -0.15) is 0 Å². The third-order valence-corrected chi connectivity index (χ3v) is 2.46. The van der Waals surface area contributed by atoms with Crippen molar-refractivity contribution >= 4 is 5.78 Å². The highest BCUT2D eigenvalue weighted by atomic mass is 16.3. The van der Waals surface area contributed by atoms with Crippen molar-refractivity contribution in [2.24, 2.45) is 0 Å². The molecule has 0 spiro atoms. The van der Waals surface area contributed by atoms with Gasteiger partial charge in [-0.25, -0.2) is 0 Å². The van der Waals surface area contributed by atoms with Crippen molar-refractivity contribution in [3.8, 4) is 0 Å². The van der Waals surface area contributed by atoms with Crippen LogP contribution in [0.1, 0.15) is 45.4 Å². The molecular formula is C9H16O2. The number of carbonyl (C=O) groups excluding carboxylic acids is 1. The highest BCUT2D eigenvalue weighted by Gasteiger charge is 2.40. The molecule has 1 rings (SSSR count). The molecule has 0 amide bonds. The van der Waals surface area contributed by atoms with Gasteiger partial charge in [-0.05, 0) is 25.7 Å². The Hall–Kier alpha value is -0.370. The van der Waals surface area contributed by atoms with E-state index in [1.165, 1.54) is 0 Å². The summed E-state index contributed by atoms with van der Waals surface area (Å²) in [6.07, 6.45) is 4.90. The Morgan fingerprint density at radius 2 is 2.18 bits per heavy atom. The molecule has 0 radical (unpaired) electrons. The molecule has 1 saturated carbocycles. The minimum atomic E-state index is -0.908. The molecule has 2 nitrogen and oxygen atoms in total. The van der Waals surface area contributed by atoms with Crippen molar-refractivity contribution in [2.75, 3.05) is 0 Å². The van der Waals surface area contributed by atoms with Gasteiger partial charge in [0, 0.05) is 6.42 Å². The lowest BCUT2D eigenvalue weighted by molar-refractivity contribution is -0.146. The molecule has 1 N–H and O–H groups in total. The molecule has 0 bridgehead atoms. The van der Waals surface area contributed by atoms with Gasteiger partial charge >= 0.3 is 0 Å². The summed E-state index contributed by atoms with van der Waals surface area (Å²) in [4.78, 5) is 11.3. The average molecular weight is 156 g/mol. The second-order valence-electron chi connectivity index (χ2n) is 3.41. The molecule has 0 aliphatic heterocycles. The van der Waals surface area contributed by atoms with E-state index in [4.69, 9.17) is 0 Å². The molecule has 0 atom stereocenters. The highest BCUT2D eigenvalue weighted by molar-refractivity contribution is 5.87. The number of rotatable bonds is 4. The number of carbonyl (C=O) groups is 1. The molecule has 11 heavy (non-hydrogen) atoms. The van der Waals surface area contributed by atoms with Gasteiger partial charge in [0.1, 0.15) is 5.60 Å². The van der Waals surface area contributed by atoms with Gasteiger partial charge in [0.15, 0.2) is 5.78 Å². The lowest BCUT2D eigenvalue weighted by Gasteiger charge is -2.34. The maximum absolute atomic E-state index is 11.3. The van der Waals surface area contributed by atoms with Gasteiger partial charge in [0.2, 0.25) is 0 Å². The number of unbranched alkanes of at least 4 members (excludes halogenated alkanes) is 1. The van der Waals surface area contributed by atoms with Crippen molar-refractivity contribution in [1.82, 2.24) is 0 Å². The second-order valence-corrected chi connectivity index (χ2v) is 3.41. The third kappa shape index (κ3) is 1.80. The predicted molar refractivity (Wildman–Crippen MR) is 43.3 cm³/mol. The fourth-order valence-electron chi connectivity index (χ4n) is 1.36. The van der Waals surface area contributed by atoms with Gasteiger partial charge in [0.25, 0.3) is 0 Å². The zero-order chi connectivity index (χ0) is 8.32. The van der Waals surface area contributed by atoms with Crippen LogP contribution in [0.25, 0.3) is 0 Å². The van der Waals surface area contributed by atoms with Crippen molar-refractivity contribution in [3.63, 3.8) is 0 Å². The van der Waals surface area contributed by atoms with E-state index in [1.54, 1.807) is 0 Å². The summed E-state index contributed by atoms with van der Waals surface area (Å²) < 4.78 is 0. The molecule has 1 fully saturated rings. The normalized spacial score (nSPS) is 20.9. The predicted octanol–water partition coefficient (Wildman–Crippen LogP) is 1.66. The van der Waals surface area contributed by atoms with E-state index in [0.717, 1.165) is 19.3 Å². The van der Waals surface area contributed by atoms with Crippen molar-refractivity contribution in [2.45, 2.75) is 51.0 Å². The van der Waals surface area contributed by atoms with Gasteiger partial charge in [-0.3, -0.25) is 4.79 Å². The van der Waals surface area contributed by atoms with E-state index in [-0.39, 0.29) is 5.78 Å². The van der Waals surface area contributed by atoms with Crippen molar-refractivity contribution < 1.29 is 9.90 Å². The van der Waals surface area contributed by atoms with E-state index in [2.05, 4.69) is 6.92 Å². The second kappa shape index (κ2) is 3.35. The Bertz CT molecular complexity index is 148. The Morgan fingerprint density at radius 3 is 2.55 bits per heavy atom. The Kier molecular flexibility index (Phi) is 2.66. The zero-order valence-corrected chi connectivity index (χ0v) is 7.10. The molecule has 0 heterocycles. The van der Waals surface area contributed by atoms with Crippen molar-refractivity contribution in [3.05, 3.63) is 0 Å². The minimum absolute atomic E-state index is 0.0607. The maximum Gasteiger partial charge on any atom is 0.164 e. The first-order valence-electron chi connectivity index (χ1n) is 4.45. The van der Waals surface area contributed by atoms with Crippen LogP contribution < -0.4 is 0 Å². The highest BCUT2D eigenvalue weighted by Crippen LogP contribution is 2.33. The van der Waals surface area contributed by atoms with E-state index in [1.807, 2.05) is 0 Å². The standard InChI is InChI=1S/C9H16O2/c1-2-3-5-8(10)9(11)6-4-7-9/h11H,2-7H2,1H3. The number of Topliss-reactive ketones (excluding diaryl/α,β-unsaturated/α-hetero) is 1. The Balaban J connectivity index is 2.28. The van der Waals surface area contributed by atoms with Crippen molar-refractivity contribution in [1.29, 1.82) is 0 Å². The van der Waals surface area contributed by atoms with Gasteiger partial charge in [-0.15, -0.1) is 0 Å². The van der Waals surface area contributed by atoms with Crippen LogP contribution >= 0.6 is 0 Å². The first-order chi connectivity index (χ1) is 5.19. The quantitative estimate of drug-likeness (QED) is 0.672. The monoisotopic (exact) mass is 156 g/mol. The van der Waals surface area contributed by atoms with E-state index in [0.29, 0.717) is 19.3 Å². The van der Waals surface area contributed by atoms with Gasteiger partial charge in [-0.1, -0.05) is 13.3 Å². The summed E-state index contributed by atoms with van der Waals surface area (Å²) in [5.74, 6) is 0.0607. The largest absolute Gasteiger partial charge is 0.382 e. The number of hydrogen-bond donors (Lipinski definition) is 1. The van der Waals surface area contributed by atoms with Gasteiger partial charge < -0.3 is 5.11 Å². The van der Waals surface area contributed by atoms with Crippen LogP contribution in [-0.2, 0) is 4.79 Å². The van der Waals surface area contributed by atoms with E-state index in [9.17, 15) is 9.90 Å². The Morgan fingerprint density at radius 1 is 1.55 bits per heavy atom. The molecule has 1 aliphatic carbocycles. The SMILES string of the molecule is CCCCC(=O)C1(O)CCC1. The first-order valence-corrected chi connectivity index (χ1v) is 4.45. The smallest absolute Gasteiger partial charge is 0.164 e. The fraction of sp³-hybridized carbons (Fsp3) is 0.889. The molecular weight excluding hydrogens is 140 g/mol. The average Bonchev–Trinajstić information content (AvgIpc) is 1.95. The molecule has 0 saturated heterocycles. The fourth-order valence-corrected chi connectivity index (χ4v) is 1.36. The molecule has 0 aromatic rings. The molecule has 0 aromatic carbocycles. The summed E-state index contributed by atoms with van der Waals surface area (Å²) in [6.45, 7) is 2.05. The number of hydrogen-bond acceptors (Lipinski definition) is 2. The summed E-state index contributed by atoms with van der Waals surface area (Å²) >= 11 is 0. The minimum Gasteiger partial charge on any atom is -0.382 e. The zero-order valence-electron chi connectivity index (χ0n) is 7.10. The third-order valence-electron chi connectivity index (χ3n) is 2.46. The summed E-state index contributed by atoms with van der Waals surface area (Å²) in [5.41, 5.74) is -0.908. The number of aliphatic hydroxyl groups is 1. The van der Waals surface area contributed by atoms with Crippen LogP contribution in [-0.4, -0.2) is 16.5 Å². The van der Waals surface area contributed by atoms with E-state index < -0.39 is 5.60 Å². The number of ketones is 1. The molecule has 1 aliphatic rings. The topological polar surface area (TPSA) is 37.3 Å². The van der Waals surface area contributed by atoms with Crippen LogP contribution in [0, 0.1) is 0 Å². The summed E-state index contributed by atoms with van der Waals surface area (Å²) in [5, 5.41) is 9.56. The summed E-state index contributed by atoms with van der Waals surface area (Å²) in [6, 6.07) is 0. The first kappa shape index (κ1) is 8.72. The van der Waals surface area contributed by atoms with Crippen LogP contribution in [0.15, 0.2) is 0 Å². The van der Waals surface area contributed by atoms with Gasteiger partial charge in [0.05, 0.1) is 0 Å². The lowest BCUT2D eigenvalue weighted by Crippen LogP contribution is -2.44. The molecule has 64 valence electrons. The van der Waals surface area contributed by atoms with Crippen LogP contribution in [0.3, 0.4) is 0 Å².